The first-order valence-electron chi connectivity index (χ1n) is 7.09. The first-order valence-corrected chi connectivity index (χ1v) is 8.70. The van der Waals surface area contributed by atoms with Gasteiger partial charge in [-0.15, -0.1) is 0 Å². The number of benzene rings is 1. The second-order valence-electron chi connectivity index (χ2n) is 4.83. The maximum atomic E-state index is 9.61. The summed E-state index contributed by atoms with van der Waals surface area (Å²) in [6.07, 6.45) is 3.50. The van der Waals surface area contributed by atoms with E-state index in [1.807, 2.05) is 30.5 Å². The molecule has 0 unspecified atom stereocenters. The summed E-state index contributed by atoms with van der Waals surface area (Å²) in [6, 6.07) is 13.1. The molecule has 7 heteroatoms. The number of thioether (sulfide) groups is 1. The number of halogens is 1. The van der Waals surface area contributed by atoms with Crippen LogP contribution in [0.15, 0.2) is 52.2 Å². The van der Waals surface area contributed by atoms with E-state index in [0.717, 1.165) is 11.3 Å². The van der Waals surface area contributed by atoms with Gasteiger partial charge in [0.15, 0.2) is 5.16 Å². The molecule has 0 radical (unpaired) electrons. The summed E-state index contributed by atoms with van der Waals surface area (Å²) in [6.45, 7) is 0.437. The van der Waals surface area contributed by atoms with Gasteiger partial charge in [0.1, 0.15) is 23.2 Å². The van der Waals surface area contributed by atoms with E-state index in [1.54, 1.807) is 18.4 Å². The Morgan fingerprint density at radius 2 is 2.04 bits per heavy atom. The molecule has 1 N–H and O–H groups in total. The van der Waals surface area contributed by atoms with E-state index in [-0.39, 0.29) is 0 Å². The summed E-state index contributed by atoms with van der Waals surface area (Å²) in [5, 5.41) is 14.0. The SMILES string of the molecule is CSc1nc(NCc2ccco2)c(C#N)c(-c2ccc(Cl)cc2)n1. The Kier molecular flexibility index (Phi) is 5.04. The number of hydrogen-bond donors (Lipinski definition) is 1. The van der Waals surface area contributed by atoms with E-state index < -0.39 is 0 Å². The Labute approximate surface area is 148 Å². The fourth-order valence-electron chi connectivity index (χ4n) is 2.17. The highest BCUT2D eigenvalue weighted by Gasteiger charge is 2.16. The molecule has 0 aliphatic rings. The Hall–Kier alpha value is -2.49. The number of furan rings is 1. The number of nitrogens with zero attached hydrogens (tertiary/aromatic N) is 3. The van der Waals surface area contributed by atoms with Gasteiger partial charge in [-0.05, 0) is 30.5 Å². The van der Waals surface area contributed by atoms with Gasteiger partial charge in [-0.2, -0.15) is 5.26 Å². The van der Waals surface area contributed by atoms with Crippen LogP contribution < -0.4 is 5.32 Å². The smallest absolute Gasteiger partial charge is 0.189 e. The van der Waals surface area contributed by atoms with Crippen molar-refractivity contribution in [3.05, 3.63) is 59.0 Å². The molecule has 0 aliphatic heterocycles. The second kappa shape index (κ2) is 7.39. The zero-order chi connectivity index (χ0) is 16.9. The van der Waals surface area contributed by atoms with Gasteiger partial charge in [0.2, 0.25) is 0 Å². The van der Waals surface area contributed by atoms with Crippen LogP contribution in [0.4, 0.5) is 5.82 Å². The molecule has 0 amide bonds. The molecule has 120 valence electrons. The summed E-state index contributed by atoms with van der Waals surface area (Å²) < 4.78 is 5.30. The predicted octanol–water partition coefficient (Wildman–Crippen LogP) is 4.60. The van der Waals surface area contributed by atoms with Crippen molar-refractivity contribution in [1.82, 2.24) is 9.97 Å². The highest BCUT2D eigenvalue weighted by Crippen LogP contribution is 2.29. The van der Waals surface area contributed by atoms with Crippen molar-refractivity contribution in [1.29, 1.82) is 5.26 Å². The van der Waals surface area contributed by atoms with Crippen LogP contribution >= 0.6 is 23.4 Å². The van der Waals surface area contributed by atoms with Crippen molar-refractivity contribution < 1.29 is 4.42 Å². The van der Waals surface area contributed by atoms with Gasteiger partial charge in [-0.25, -0.2) is 9.97 Å². The van der Waals surface area contributed by atoms with Crippen LogP contribution in [-0.4, -0.2) is 16.2 Å². The number of aromatic nitrogens is 2. The van der Waals surface area contributed by atoms with E-state index in [4.69, 9.17) is 16.0 Å². The number of nitriles is 1. The molecule has 5 nitrogen and oxygen atoms in total. The quantitative estimate of drug-likeness (QED) is 0.532. The fraction of sp³-hybridized carbons (Fsp3) is 0.118. The standard InChI is InChI=1S/C17H13ClN4OS/c1-24-17-21-15(11-4-6-12(18)7-5-11)14(9-19)16(22-17)20-10-13-3-2-8-23-13/h2-8H,10H2,1H3,(H,20,21,22). The summed E-state index contributed by atoms with van der Waals surface area (Å²) in [5.41, 5.74) is 1.78. The molecule has 2 heterocycles. The number of nitrogens with one attached hydrogen (secondary N) is 1. The van der Waals surface area contributed by atoms with Crippen LogP contribution in [-0.2, 0) is 6.54 Å². The lowest BCUT2D eigenvalue weighted by molar-refractivity contribution is 0.517. The molecule has 0 atom stereocenters. The zero-order valence-corrected chi connectivity index (χ0v) is 14.4. The van der Waals surface area contributed by atoms with Gasteiger partial charge in [-0.3, -0.25) is 0 Å². The molecule has 0 saturated heterocycles. The highest BCUT2D eigenvalue weighted by molar-refractivity contribution is 7.98. The fourth-order valence-corrected chi connectivity index (χ4v) is 2.66. The van der Waals surface area contributed by atoms with Crippen molar-refractivity contribution in [3.63, 3.8) is 0 Å². The average molecular weight is 357 g/mol. The summed E-state index contributed by atoms with van der Waals surface area (Å²) in [4.78, 5) is 8.91. The minimum Gasteiger partial charge on any atom is -0.467 e. The summed E-state index contributed by atoms with van der Waals surface area (Å²) in [5.74, 6) is 1.24. The van der Waals surface area contributed by atoms with Crippen LogP contribution in [0.5, 0.6) is 0 Å². The first-order chi connectivity index (χ1) is 11.7. The Balaban J connectivity index is 2.03. The molecule has 0 bridgehead atoms. The Morgan fingerprint density at radius 1 is 1.25 bits per heavy atom. The van der Waals surface area contributed by atoms with Crippen LogP contribution in [0, 0.1) is 11.3 Å². The molecule has 3 aromatic rings. The number of hydrogen-bond acceptors (Lipinski definition) is 6. The van der Waals surface area contributed by atoms with Crippen LogP contribution in [0.25, 0.3) is 11.3 Å². The first kappa shape index (κ1) is 16.4. The molecule has 0 spiro atoms. The minimum atomic E-state index is 0.390. The molecule has 0 saturated carbocycles. The Morgan fingerprint density at radius 3 is 2.67 bits per heavy atom. The molecule has 1 aromatic carbocycles. The molecule has 3 rings (SSSR count). The van der Waals surface area contributed by atoms with Crippen molar-refractivity contribution in [2.45, 2.75) is 11.7 Å². The van der Waals surface area contributed by atoms with Crippen LogP contribution in [0.1, 0.15) is 11.3 Å². The van der Waals surface area contributed by atoms with Crippen molar-refractivity contribution in [2.75, 3.05) is 11.6 Å². The number of anilines is 1. The molecule has 0 fully saturated rings. The van der Waals surface area contributed by atoms with Crippen LogP contribution in [0.3, 0.4) is 0 Å². The lowest BCUT2D eigenvalue weighted by atomic mass is 10.1. The van der Waals surface area contributed by atoms with E-state index >= 15 is 0 Å². The minimum absolute atomic E-state index is 0.390. The zero-order valence-electron chi connectivity index (χ0n) is 12.8. The Bertz CT molecular complexity index is 873. The van der Waals surface area contributed by atoms with Gasteiger partial charge in [0, 0.05) is 10.6 Å². The lowest BCUT2D eigenvalue weighted by Crippen LogP contribution is -2.06. The van der Waals surface area contributed by atoms with Crippen molar-refractivity contribution in [3.8, 4) is 17.3 Å². The summed E-state index contributed by atoms with van der Waals surface area (Å²) >= 11 is 7.36. The third kappa shape index (κ3) is 3.53. The van der Waals surface area contributed by atoms with Gasteiger partial charge >= 0.3 is 0 Å². The average Bonchev–Trinajstić information content (AvgIpc) is 3.13. The molecule has 2 aromatic heterocycles. The highest BCUT2D eigenvalue weighted by atomic mass is 35.5. The largest absolute Gasteiger partial charge is 0.467 e. The predicted molar refractivity (Wildman–Crippen MR) is 95.0 cm³/mol. The topological polar surface area (TPSA) is 74.7 Å². The van der Waals surface area contributed by atoms with E-state index in [1.165, 1.54) is 11.8 Å². The number of rotatable bonds is 5. The summed E-state index contributed by atoms with van der Waals surface area (Å²) in [7, 11) is 0. The maximum Gasteiger partial charge on any atom is 0.189 e. The molecule has 0 aliphatic carbocycles. The van der Waals surface area contributed by atoms with Crippen molar-refractivity contribution >= 4 is 29.2 Å². The van der Waals surface area contributed by atoms with Gasteiger partial charge in [-0.1, -0.05) is 35.5 Å². The third-order valence-corrected chi connectivity index (χ3v) is 4.11. The van der Waals surface area contributed by atoms with Crippen molar-refractivity contribution in [2.24, 2.45) is 0 Å². The second-order valence-corrected chi connectivity index (χ2v) is 6.04. The van der Waals surface area contributed by atoms with Gasteiger partial charge < -0.3 is 9.73 Å². The molecular formula is C17H13ClN4OS. The van der Waals surface area contributed by atoms with E-state index in [2.05, 4.69) is 21.4 Å². The monoisotopic (exact) mass is 356 g/mol. The van der Waals surface area contributed by atoms with Gasteiger partial charge in [0.05, 0.1) is 18.5 Å². The van der Waals surface area contributed by atoms with E-state index in [0.29, 0.717) is 33.8 Å². The molecular weight excluding hydrogens is 344 g/mol. The third-order valence-electron chi connectivity index (χ3n) is 3.31. The van der Waals surface area contributed by atoms with Crippen LogP contribution in [0.2, 0.25) is 5.02 Å². The van der Waals surface area contributed by atoms with E-state index in [9.17, 15) is 5.26 Å². The molecule has 24 heavy (non-hydrogen) atoms. The normalized spacial score (nSPS) is 10.4. The lowest BCUT2D eigenvalue weighted by Gasteiger charge is -2.11. The maximum absolute atomic E-state index is 9.61. The van der Waals surface area contributed by atoms with Gasteiger partial charge in [0.25, 0.3) is 0 Å².